The van der Waals surface area contributed by atoms with E-state index in [9.17, 15) is 14.0 Å². The molecule has 10 nitrogen and oxygen atoms in total. The molecule has 38 heavy (non-hydrogen) atoms. The zero-order valence-electron chi connectivity index (χ0n) is 23.1. The summed E-state index contributed by atoms with van der Waals surface area (Å²) >= 11 is 5.96. The van der Waals surface area contributed by atoms with E-state index in [0.717, 1.165) is 11.6 Å². The number of carbonyl (C=O) groups excluding carboxylic acids is 2. The lowest BCUT2D eigenvalue weighted by Crippen LogP contribution is -2.25. The molecule has 4 rings (SSSR count). The van der Waals surface area contributed by atoms with Crippen LogP contribution in [0.25, 0.3) is 5.69 Å². The van der Waals surface area contributed by atoms with Crippen LogP contribution in [0.15, 0.2) is 22.6 Å². The molecule has 0 unspecified atom stereocenters. The van der Waals surface area contributed by atoms with Gasteiger partial charge in [0.15, 0.2) is 5.69 Å². The summed E-state index contributed by atoms with van der Waals surface area (Å²) in [5.74, 6) is 1.03. The lowest BCUT2D eigenvalue weighted by atomic mass is 10.1. The van der Waals surface area contributed by atoms with Crippen molar-refractivity contribution in [1.82, 2.24) is 30.6 Å². The second-order valence-corrected chi connectivity index (χ2v) is 8.83. The number of amides is 2. The van der Waals surface area contributed by atoms with E-state index >= 15 is 0 Å². The minimum atomic E-state index is -0.441. The summed E-state index contributed by atoms with van der Waals surface area (Å²) in [6.45, 7) is 15.6. The highest BCUT2D eigenvalue weighted by molar-refractivity contribution is 6.30. The molecule has 0 bridgehead atoms. The predicted octanol–water partition coefficient (Wildman–Crippen LogP) is 4.80. The Labute approximate surface area is 228 Å². The number of benzene rings is 1. The fourth-order valence-corrected chi connectivity index (χ4v) is 3.22. The third-order valence-electron chi connectivity index (χ3n) is 4.41. The molecule has 3 aromatic rings. The van der Waals surface area contributed by atoms with Crippen molar-refractivity contribution in [2.75, 3.05) is 13.2 Å². The summed E-state index contributed by atoms with van der Waals surface area (Å²) in [6.07, 6.45) is 1.15. The van der Waals surface area contributed by atoms with Crippen LogP contribution in [-0.2, 0) is 29.1 Å². The molecule has 210 valence electrons. The van der Waals surface area contributed by atoms with Crippen molar-refractivity contribution >= 4 is 23.9 Å². The summed E-state index contributed by atoms with van der Waals surface area (Å²) in [5.41, 5.74) is 2.00. The zero-order chi connectivity index (χ0) is 28.7. The highest BCUT2D eigenvalue weighted by Gasteiger charge is 2.26. The van der Waals surface area contributed by atoms with Crippen molar-refractivity contribution in [3.05, 3.63) is 57.8 Å². The van der Waals surface area contributed by atoms with Gasteiger partial charge in [-0.3, -0.25) is 9.59 Å². The van der Waals surface area contributed by atoms with Crippen molar-refractivity contribution in [2.24, 2.45) is 5.92 Å². The number of aromatic nitrogens is 4. The van der Waals surface area contributed by atoms with Crippen molar-refractivity contribution in [1.29, 1.82) is 0 Å². The van der Waals surface area contributed by atoms with Gasteiger partial charge in [-0.05, 0) is 31.0 Å². The molecule has 1 aliphatic heterocycles. The SMILES string of the molecule is CC.CC(C)C.CCNC(=O)c1nn(-c2cc(Cl)ccc2F)c2c1COCC2.Cc1nnc(CNC=O)o1. The number of aryl methyl sites for hydroxylation is 1. The minimum absolute atomic E-state index is 0.237. The van der Waals surface area contributed by atoms with Crippen LogP contribution < -0.4 is 10.6 Å². The molecule has 3 heterocycles. The molecule has 0 aliphatic carbocycles. The Morgan fingerprint density at radius 2 is 1.95 bits per heavy atom. The Kier molecular flexibility index (Phi) is 14.8. The fraction of sp³-hybridized carbons (Fsp3) is 0.500. The van der Waals surface area contributed by atoms with Crippen molar-refractivity contribution < 1.29 is 23.1 Å². The van der Waals surface area contributed by atoms with Crippen LogP contribution in [-0.4, -0.2) is 45.4 Å². The molecule has 2 aromatic heterocycles. The van der Waals surface area contributed by atoms with E-state index < -0.39 is 5.82 Å². The van der Waals surface area contributed by atoms with Gasteiger partial charge in [0.1, 0.15) is 11.5 Å². The van der Waals surface area contributed by atoms with Gasteiger partial charge in [-0.25, -0.2) is 9.07 Å². The van der Waals surface area contributed by atoms with Crippen LogP contribution in [0.5, 0.6) is 0 Å². The van der Waals surface area contributed by atoms with E-state index in [0.29, 0.717) is 61.5 Å². The van der Waals surface area contributed by atoms with Gasteiger partial charge < -0.3 is 19.8 Å². The predicted molar refractivity (Wildman–Crippen MR) is 144 cm³/mol. The average molecular weight is 553 g/mol. The van der Waals surface area contributed by atoms with E-state index in [-0.39, 0.29) is 17.3 Å². The Bertz CT molecular complexity index is 1150. The second kappa shape index (κ2) is 17.2. The van der Waals surface area contributed by atoms with E-state index in [1.54, 1.807) is 6.92 Å². The van der Waals surface area contributed by atoms with Gasteiger partial charge in [0.2, 0.25) is 18.2 Å². The van der Waals surface area contributed by atoms with Crippen LogP contribution in [0, 0.1) is 18.7 Å². The van der Waals surface area contributed by atoms with E-state index in [4.69, 9.17) is 20.8 Å². The molecule has 1 aliphatic rings. The van der Waals surface area contributed by atoms with Gasteiger partial charge in [-0.2, -0.15) is 5.10 Å². The largest absolute Gasteiger partial charge is 0.424 e. The summed E-state index contributed by atoms with van der Waals surface area (Å²) in [7, 11) is 0. The van der Waals surface area contributed by atoms with Crippen molar-refractivity contribution in [3.63, 3.8) is 0 Å². The molecule has 0 saturated carbocycles. The quantitative estimate of drug-likeness (QED) is 0.421. The number of nitrogens with zero attached hydrogens (tertiary/aromatic N) is 4. The lowest BCUT2D eigenvalue weighted by Gasteiger charge is -2.15. The maximum absolute atomic E-state index is 14.1. The molecule has 12 heteroatoms. The number of rotatable bonds is 6. The molecular formula is C26H38ClFN6O4. The molecule has 0 radical (unpaired) electrons. The van der Waals surface area contributed by atoms with E-state index in [2.05, 4.69) is 46.7 Å². The highest BCUT2D eigenvalue weighted by Crippen LogP contribution is 2.26. The first-order chi connectivity index (χ1) is 18.2. The summed E-state index contributed by atoms with van der Waals surface area (Å²) < 4.78 is 26.0. The van der Waals surface area contributed by atoms with Gasteiger partial charge in [0.25, 0.3) is 5.91 Å². The van der Waals surface area contributed by atoms with Crippen LogP contribution in [0.2, 0.25) is 5.02 Å². The minimum Gasteiger partial charge on any atom is -0.424 e. The first-order valence-corrected chi connectivity index (χ1v) is 12.9. The second-order valence-electron chi connectivity index (χ2n) is 8.39. The van der Waals surface area contributed by atoms with Crippen LogP contribution >= 0.6 is 11.6 Å². The first kappa shape index (κ1) is 32.7. The Morgan fingerprint density at radius 1 is 1.26 bits per heavy atom. The molecule has 1 aromatic carbocycles. The number of ether oxygens (including phenoxy) is 1. The summed E-state index contributed by atoms with van der Waals surface area (Å²) in [6, 6.07) is 4.27. The third-order valence-corrected chi connectivity index (χ3v) is 4.65. The number of nitrogens with one attached hydrogen (secondary N) is 2. The molecule has 0 saturated heterocycles. The van der Waals surface area contributed by atoms with Crippen molar-refractivity contribution in [2.45, 2.75) is 68.0 Å². The highest BCUT2D eigenvalue weighted by atomic mass is 35.5. The van der Waals surface area contributed by atoms with Crippen LogP contribution in [0.3, 0.4) is 0 Å². The third kappa shape index (κ3) is 10.2. The molecule has 0 spiro atoms. The van der Waals surface area contributed by atoms with Gasteiger partial charge >= 0.3 is 0 Å². The Balaban J connectivity index is 0.000000375. The Morgan fingerprint density at radius 3 is 2.53 bits per heavy atom. The van der Waals surface area contributed by atoms with Crippen molar-refractivity contribution in [3.8, 4) is 5.69 Å². The number of hydrogen-bond acceptors (Lipinski definition) is 7. The molecule has 0 atom stereocenters. The standard InChI is InChI=1S/C15H15ClFN3O2.C5H7N3O2.C4H10.C2H6/c1-2-18-15(21)14-10-8-22-6-5-12(10)20(19-14)13-7-9(16)3-4-11(13)17;1-4-7-8-5(10-4)2-6-3-9;1-4(2)3;1-2/h3-4,7H,2,5-6,8H2,1H3,(H,18,21);3H,2H2,1H3,(H,6,9);4H,1-3H3;1-2H3. The van der Waals surface area contributed by atoms with Gasteiger partial charge in [-0.15, -0.1) is 10.2 Å². The lowest BCUT2D eigenvalue weighted by molar-refractivity contribution is -0.109. The maximum atomic E-state index is 14.1. The average Bonchev–Trinajstić information content (AvgIpc) is 3.49. The molecule has 0 fully saturated rings. The first-order valence-electron chi connectivity index (χ1n) is 12.6. The summed E-state index contributed by atoms with van der Waals surface area (Å²) in [4.78, 5) is 21.9. The molecular weight excluding hydrogens is 515 g/mol. The maximum Gasteiger partial charge on any atom is 0.272 e. The fourth-order valence-electron chi connectivity index (χ4n) is 3.05. The van der Waals surface area contributed by atoms with Gasteiger partial charge in [0.05, 0.1) is 25.5 Å². The normalized spacial score (nSPS) is 11.5. The zero-order valence-corrected chi connectivity index (χ0v) is 23.9. The van der Waals surface area contributed by atoms with Gasteiger partial charge in [0, 0.05) is 30.5 Å². The van der Waals surface area contributed by atoms with Crippen LogP contribution in [0.1, 0.15) is 75.1 Å². The molecule has 2 amide bonds. The van der Waals surface area contributed by atoms with E-state index in [1.807, 2.05) is 20.8 Å². The topological polar surface area (TPSA) is 124 Å². The number of halogens is 2. The smallest absolute Gasteiger partial charge is 0.272 e. The van der Waals surface area contributed by atoms with Crippen LogP contribution in [0.4, 0.5) is 4.39 Å². The number of fused-ring (bicyclic) bond motifs is 1. The Hall–Kier alpha value is -3.31. The number of carbonyl (C=O) groups is 2. The number of hydrogen-bond donors (Lipinski definition) is 2. The van der Waals surface area contributed by atoms with Gasteiger partial charge in [-0.1, -0.05) is 46.2 Å². The summed E-state index contributed by atoms with van der Waals surface area (Å²) in [5, 5.41) is 17.0. The van der Waals surface area contributed by atoms with E-state index in [1.165, 1.54) is 22.9 Å². The molecule has 2 N–H and O–H groups in total. The monoisotopic (exact) mass is 552 g/mol.